The van der Waals surface area contributed by atoms with Crippen LogP contribution in [0.3, 0.4) is 0 Å². The average Bonchev–Trinajstić information content (AvgIpc) is 2.38. The third-order valence-corrected chi connectivity index (χ3v) is 3.29. The lowest BCUT2D eigenvalue weighted by molar-refractivity contribution is 0.0989. The zero-order valence-electron chi connectivity index (χ0n) is 12.2. The van der Waals surface area contributed by atoms with Gasteiger partial charge < -0.3 is 5.32 Å². The molecule has 0 aliphatic rings. The lowest BCUT2D eigenvalue weighted by Gasteiger charge is -2.11. The molecule has 1 aromatic carbocycles. The van der Waals surface area contributed by atoms with Crippen LogP contribution in [0.5, 0.6) is 0 Å². The maximum absolute atomic E-state index is 12.3. The largest absolute Gasteiger partial charge is 0.306 e. The van der Waals surface area contributed by atoms with Crippen molar-refractivity contribution >= 4 is 5.78 Å². The minimum atomic E-state index is 0.142. The molecule has 3 heteroatoms. The lowest BCUT2D eigenvalue weighted by atomic mass is 9.96. The van der Waals surface area contributed by atoms with E-state index in [1.165, 1.54) is 5.56 Å². The van der Waals surface area contributed by atoms with Crippen LogP contribution in [-0.4, -0.2) is 17.3 Å². The first kappa shape index (κ1) is 14.4. The molecule has 0 spiro atoms. The highest BCUT2D eigenvalue weighted by atomic mass is 16.1. The fourth-order valence-corrected chi connectivity index (χ4v) is 2.53. The number of nitrogens with zero attached hydrogens (tertiary/aromatic N) is 1. The maximum atomic E-state index is 12.3. The van der Waals surface area contributed by atoms with E-state index in [1.807, 2.05) is 26.0 Å². The van der Waals surface area contributed by atoms with E-state index in [0.717, 1.165) is 22.3 Å². The molecule has 0 fully saturated rings. The van der Waals surface area contributed by atoms with Gasteiger partial charge in [-0.15, -0.1) is 0 Å². The van der Waals surface area contributed by atoms with Crippen LogP contribution in [0.2, 0.25) is 0 Å². The number of pyridine rings is 1. The minimum Gasteiger partial charge on any atom is -0.306 e. The van der Waals surface area contributed by atoms with Crippen LogP contribution in [0.25, 0.3) is 0 Å². The number of aryl methyl sites for hydroxylation is 3. The first-order valence-electron chi connectivity index (χ1n) is 6.78. The lowest BCUT2D eigenvalue weighted by Crippen LogP contribution is -2.24. The number of ketones is 1. The molecule has 2 rings (SSSR count). The Morgan fingerprint density at radius 1 is 1.20 bits per heavy atom. The Hall–Kier alpha value is -2.00. The molecule has 0 atom stereocenters. The van der Waals surface area contributed by atoms with Gasteiger partial charge in [0.25, 0.3) is 0 Å². The number of nitrogens with one attached hydrogen (secondary N) is 1. The molecule has 2 aromatic rings. The highest BCUT2D eigenvalue weighted by Crippen LogP contribution is 2.16. The summed E-state index contributed by atoms with van der Waals surface area (Å²) in [4.78, 5) is 16.4. The van der Waals surface area contributed by atoms with Crippen molar-refractivity contribution in [3.05, 3.63) is 64.5 Å². The molecule has 0 unspecified atom stereocenters. The van der Waals surface area contributed by atoms with Gasteiger partial charge in [-0.2, -0.15) is 0 Å². The van der Waals surface area contributed by atoms with Gasteiger partial charge in [0, 0.05) is 24.5 Å². The van der Waals surface area contributed by atoms with Crippen molar-refractivity contribution in [3.63, 3.8) is 0 Å². The van der Waals surface area contributed by atoms with Gasteiger partial charge in [0.05, 0.1) is 6.54 Å². The van der Waals surface area contributed by atoms with Crippen molar-refractivity contribution in [2.75, 3.05) is 6.54 Å². The van der Waals surface area contributed by atoms with Gasteiger partial charge in [-0.1, -0.05) is 23.8 Å². The van der Waals surface area contributed by atoms with E-state index in [-0.39, 0.29) is 5.78 Å². The van der Waals surface area contributed by atoms with Crippen LogP contribution in [0.4, 0.5) is 0 Å². The van der Waals surface area contributed by atoms with E-state index in [4.69, 9.17) is 0 Å². The molecule has 0 amide bonds. The van der Waals surface area contributed by atoms with Gasteiger partial charge in [-0.05, 0) is 43.5 Å². The third-order valence-electron chi connectivity index (χ3n) is 3.29. The molecule has 1 heterocycles. The highest BCUT2D eigenvalue weighted by Gasteiger charge is 2.12. The zero-order valence-corrected chi connectivity index (χ0v) is 12.2. The molecule has 1 N–H and O–H groups in total. The molecular weight excluding hydrogens is 248 g/mol. The predicted molar refractivity (Wildman–Crippen MR) is 80.9 cm³/mol. The molecule has 0 saturated carbocycles. The van der Waals surface area contributed by atoms with E-state index >= 15 is 0 Å². The van der Waals surface area contributed by atoms with E-state index in [0.29, 0.717) is 13.1 Å². The van der Waals surface area contributed by atoms with Crippen molar-refractivity contribution in [1.29, 1.82) is 0 Å². The Balaban J connectivity index is 1.99. The standard InChI is InChI=1S/C17H20N2O/c1-12-7-13(2)17(14(3)8-12)16(20)11-19-10-15-5-4-6-18-9-15/h4-9,19H,10-11H2,1-3H3. The summed E-state index contributed by atoms with van der Waals surface area (Å²) in [6, 6.07) is 8.00. The number of Topliss-reactive ketones (excluding diaryl/α,β-unsaturated/α-hetero) is 1. The molecular formula is C17H20N2O. The molecule has 0 saturated heterocycles. The number of carbonyl (C=O) groups excluding carboxylic acids is 1. The minimum absolute atomic E-state index is 0.142. The predicted octanol–water partition coefficient (Wildman–Crippen LogP) is 2.98. The number of hydrogen-bond acceptors (Lipinski definition) is 3. The van der Waals surface area contributed by atoms with Crippen molar-refractivity contribution < 1.29 is 4.79 Å². The van der Waals surface area contributed by atoms with Crippen LogP contribution in [0, 0.1) is 20.8 Å². The zero-order chi connectivity index (χ0) is 14.5. The Morgan fingerprint density at radius 2 is 1.90 bits per heavy atom. The normalized spacial score (nSPS) is 10.6. The number of rotatable bonds is 5. The van der Waals surface area contributed by atoms with Crippen LogP contribution >= 0.6 is 0 Å². The molecule has 20 heavy (non-hydrogen) atoms. The van der Waals surface area contributed by atoms with Gasteiger partial charge in [-0.3, -0.25) is 9.78 Å². The Kier molecular flexibility index (Phi) is 4.64. The van der Waals surface area contributed by atoms with E-state index < -0.39 is 0 Å². The first-order valence-corrected chi connectivity index (χ1v) is 6.78. The number of aromatic nitrogens is 1. The van der Waals surface area contributed by atoms with Gasteiger partial charge in [0.15, 0.2) is 5.78 Å². The first-order chi connectivity index (χ1) is 9.58. The van der Waals surface area contributed by atoms with Crippen LogP contribution in [-0.2, 0) is 6.54 Å². The van der Waals surface area contributed by atoms with Crippen LogP contribution in [0.15, 0.2) is 36.7 Å². The van der Waals surface area contributed by atoms with Gasteiger partial charge in [-0.25, -0.2) is 0 Å². The second kappa shape index (κ2) is 6.44. The summed E-state index contributed by atoms with van der Waals surface area (Å²) < 4.78 is 0. The topological polar surface area (TPSA) is 42.0 Å². The number of carbonyl (C=O) groups is 1. The van der Waals surface area contributed by atoms with E-state index in [1.54, 1.807) is 12.4 Å². The fraction of sp³-hybridized carbons (Fsp3) is 0.294. The summed E-state index contributed by atoms with van der Waals surface area (Å²) in [5.74, 6) is 0.142. The molecule has 0 aliphatic heterocycles. The van der Waals surface area contributed by atoms with Gasteiger partial charge >= 0.3 is 0 Å². The van der Waals surface area contributed by atoms with Gasteiger partial charge in [0.2, 0.25) is 0 Å². The summed E-state index contributed by atoms with van der Waals surface area (Å²) in [5, 5.41) is 3.18. The van der Waals surface area contributed by atoms with Crippen molar-refractivity contribution in [2.24, 2.45) is 0 Å². The van der Waals surface area contributed by atoms with Crippen LogP contribution in [0.1, 0.15) is 32.6 Å². The summed E-state index contributed by atoms with van der Waals surface area (Å²) in [6.45, 7) is 7.04. The van der Waals surface area contributed by atoms with Crippen molar-refractivity contribution in [3.8, 4) is 0 Å². The smallest absolute Gasteiger partial charge is 0.177 e. The SMILES string of the molecule is Cc1cc(C)c(C(=O)CNCc2cccnc2)c(C)c1. The van der Waals surface area contributed by atoms with Crippen molar-refractivity contribution in [2.45, 2.75) is 27.3 Å². The Labute approximate surface area is 120 Å². The summed E-state index contributed by atoms with van der Waals surface area (Å²) in [5.41, 5.74) is 5.22. The molecule has 0 aliphatic carbocycles. The van der Waals surface area contributed by atoms with E-state index in [9.17, 15) is 4.79 Å². The van der Waals surface area contributed by atoms with Crippen molar-refractivity contribution in [1.82, 2.24) is 10.3 Å². The van der Waals surface area contributed by atoms with Gasteiger partial charge in [0.1, 0.15) is 0 Å². The monoisotopic (exact) mass is 268 g/mol. The molecule has 104 valence electrons. The Morgan fingerprint density at radius 3 is 2.50 bits per heavy atom. The maximum Gasteiger partial charge on any atom is 0.177 e. The van der Waals surface area contributed by atoms with Crippen LogP contribution < -0.4 is 5.32 Å². The molecule has 1 aromatic heterocycles. The highest BCUT2D eigenvalue weighted by molar-refractivity contribution is 6.00. The number of hydrogen-bond donors (Lipinski definition) is 1. The average molecular weight is 268 g/mol. The molecule has 3 nitrogen and oxygen atoms in total. The molecule has 0 radical (unpaired) electrons. The summed E-state index contributed by atoms with van der Waals surface area (Å²) in [7, 11) is 0. The van der Waals surface area contributed by atoms with E-state index in [2.05, 4.69) is 29.4 Å². The Bertz CT molecular complexity index is 583. The molecule has 0 bridgehead atoms. The second-order valence-corrected chi connectivity index (χ2v) is 5.16. The quantitative estimate of drug-likeness (QED) is 0.848. The fourth-order valence-electron chi connectivity index (χ4n) is 2.53. The number of benzene rings is 1. The summed E-state index contributed by atoms with van der Waals surface area (Å²) >= 11 is 0. The summed E-state index contributed by atoms with van der Waals surface area (Å²) in [6.07, 6.45) is 3.55. The third kappa shape index (κ3) is 3.52. The second-order valence-electron chi connectivity index (χ2n) is 5.16.